The van der Waals surface area contributed by atoms with E-state index in [9.17, 15) is 13.2 Å². The summed E-state index contributed by atoms with van der Waals surface area (Å²) in [6, 6.07) is 22.8. The van der Waals surface area contributed by atoms with Crippen molar-refractivity contribution in [2.45, 2.75) is 37.1 Å². The van der Waals surface area contributed by atoms with E-state index >= 15 is 0 Å². The summed E-state index contributed by atoms with van der Waals surface area (Å²) in [6.45, 7) is 3.91. The molecule has 0 unspecified atom stereocenters. The van der Waals surface area contributed by atoms with E-state index in [1.54, 1.807) is 19.1 Å². The molecule has 1 aliphatic rings. The third kappa shape index (κ3) is 5.80. The number of piperidine rings is 1. The largest absolute Gasteiger partial charge is 0.372 e. The lowest BCUT2D eigenvalue weighted by atomic mass is 10.1. The number of carbonyl (C=O) groups is 1. The first-order chi connectivity index (χ1) is 15.9. The highest BCUT2D eigenvalue weighted by atomic mass is 32.2. The maximum atomic E-state index is 12.9. The lowest BCUT2D eigenvalue weighted by molar-refractivity contribution is 0.102. The molecule has 33 heavy (non-hydrogen) atoms. The van der Waals surface area contributed by atoms with Gasteiger partial charge in [-0.25, -0.2) is 13.1 Å². The van der Waals surface area contributed by atoms with Crippen molar-refractivity contribution in [3.63, 3.8) is 0 Å². The molecule has 0 bridgehead atoms. The number of rotatable bonds is 7. The molecule has 1 fully saturated rings. The second-order valence-electron chi connectivity index (χ2n) is 8.33. The Morgan fingerprint density at radius 2 is 1.58 bits per heavy atom. The number of hydrogen-bond acceptors (Lipinski definition) is 4. The van der Waals surface area contributed by atoms with E-state index in [-0.39, 0.29) is 16.4 Å². The highest BCUT2D eigenvalue weighted by molar-refractivity contribution is 7.89. The predicted octanol–water partition coefficient (Wildman–Crippen LogP) is 4.97. The molecule has 1 aliphatic heterocycles. The Labute approximate surface area is 195 Å². The second-order valence-corrected chi connectivity index (χ2v) is 10.0. The van der Waals surface area contributed by atoms with E-state index < -0.39 is 16.1 Å². The van der Waals surface area contributed by atoms with Crippen molar-refractivity contribution >= 4 is 27.3 Å². The molecule has 2 N–H and O–H groups in total. The van der Waals surface area contributed by atoms with E-state index in [4.69, 9.17) is 0 Å². The van der Waals surface area contributed by atoms with Gasteiger partial charge in [0.15, 0.2) is 0 Å². The lowest BCUT2D eigenvalue weighted by Gasteiger charge is -2.28. The molecule has 6 nitrogen and oxygen atoms in total. The topological polar surface area (TPSA) is 78.5 Å². The molecular weight excluding hydrogens is 434 g/mol. The van der Waals surface area contributed by atoms with Crippen LogP contribution < -0.4 is 14.9 Å². The fourth-order valence-electron chi connectivity index (χ4n) is 4.03. The van der Waals surface area contributed by atoms with Gasteiger partial charge in [-0.3, -0.25) is 4.79 Å². The fourth-order valence-corrected chi connectivity index (χ4v) is 5.30. The van der Waals surface area contributed by atoms with Gasteiger partial charge in [0.1, 0.15) is 0 Å². The first-order valence-corrected chi connectivity index (χ1v) is 12.7. The zero-order valence-electron chi connectivity index (χ0n) is 18.7. The predicted molar refractivity (Wildman–Crippen MR) is 132 cm³/mol. The Bertz CT molecular complexity index is 1190. The highest BCUT2D eigenvalue weighted by Crippen LogP contribution is 2.23. The van der Waals surface area contributed by atoms with Crippen molar-refractivity contribution in [2.75, 3.05) is 23.3 Å². The van der Waals surface area contributed by atoms with Gasteiger partial charge >= 0.3 is 0 Å². The summed E-state index contributed by atoms with van der Waals surface area (Å²) in [5, 5.41) is 2.86. The van der Waals surface area contributed by atoms with Crippen molar-refractivity contribution in [3.8, 4) is 0 Å². The van der Waals surface area contributed by atoms with Crippen LogP contribution in [0, 0.1) is 0 Å². The van der Waals surface area contributed by atoms with E-state index in [1.807, 2.05) is 54.6 Å². The molecule has 0 aliphatic carbocycles. The molecule has 172 valence electrons. The third-order valence-corrected chi connectivity index (χ3v) is 7.42. The Morgan fingerprint density at radius 1 is 0.879 bits per heavy atom. The summed E-state index contributed by atoms with van der Waals surface area (Å²) in [7, 11) is -3.79. The number of sulfonamides is 1. The highest BCUT2D eigenvalue weighted by Gasteiger charge is 2.20. The molecule has 1 saturated heterocycles. The Morgan fingerprint density at radius 3 is 2.27 bits per heavy atom. The maximum absolute atomic E-state index is 12.9. The minimum Gasteiger partial charge on any atom is -0.372 e. The van der Waals surface area contributed by atoms with Gasteiger partial charge in [-0.1, -0.05) is 36.4 Å². The molecule has 0 saturated carbocycles. The quantitative estimate of drug-likeness (QED) is 0.519. The van der Waals surface area contributed by atoms with Crippen LogP contribution in [-0.2, 0) is 10.0 Å². The molecule has 0 aromatic heterocycles. The second kappa shape index (κ2) is 10.2. The van der Waals surface area contributed by atoms with Crippen molar-refractivity contribution in [1.29, 1.82) is 0 Å². The number of nitrogens with zero attached hydrogens (tertiary/aromatic N) is 1. The number of anilines is 2. The zero-order chi connectivity index (χ0) is 23.3. The lowest BCUT2D eigenvalue weighted by Crippen LogP contribution is -2.29. The van der Waals surface area contributed by atoms with Crippen LogP contribution in [0.2, 0.25) is 0 Å². The Kier molecular flexibility index (Phi) is 7.11. The first-order valence-electron chi connectivity index (χ1n) is 11.3. The fraction of sp³-hybridized carbons (Fsp3) is 0.269. The maximum Gasteiger partial charge on any atom is 0.255 e. The molecular formula is C26H29N3O3S. The summed E-state index contributed by atoms with van der Waals surface area (Å²) in [4.78, 5) is 15.2. The van der Waals surface area contributed by atoms with Gasteiger partial charge in [-0.05, 0) is 74.2 Å². The minimum absolute atomic E-state index is 0.0541. The summed E-state index contributed by atoms with van der Waals surface area (Å²) in [6.07, 6.45) is 3.69. The van der Waals surface area contributed by atoms with Crippen LogP contribution in [0.1, 0.15) is 48.1 Å². The molecule has 3 aromatic carbocycles. The number of nitrogens with one attached hydrogen (secondary N) is 2. The van der Waals surface area contributed by atoms with Gasteiger partial charge < -0.3 is 10.2 Å². The standard InChI is InChI=1S/C26H29N3O3S/c1-20(21-9-4-2-5-10-21)28-33(31,32)25-12-8-11-22(19-25)26(30)27-23-13-15-24(16-14-23)29-17-6-3-7-18-29/h2,4-5,8-16,19-20,28H,3,6-7,17-18H2,1H3,(H,27,30)/t20-/m1/s1. The van der Waals surface area contributed by atoms with Crippen LogP contribution >= 0.6 is 0 Å². The van der Waals surface area contributed by atoms with Gasteiger partial charge in [-0.2, -0.15) is 0 Å². The summed E-state index contributed by atoms with van der Waals surface area (Å²) < 4.78 is 28.5. The molecule has 1 heterocycles. The van der Waals surface area contributed by atoms with Crippen molar-refractivity contribution in [1.82, 2.24) is 4.72 Å². The molecule has 7 heteroatoms. The van der Waals surface area contributed by atoms with Gasteiger partial charge in [0.25, 0.3) is 5.91 Å². The first kappa shape index (κ1) is 23.0. The SMILES string of the molecule is C[C@@H](NS(=O)(=O)c1cccc(C(=O)Nc2ccc(N3CCCCC3)cc2)c1)c1ccccc1. The zero-order valence-corrected chi connectivity index (χ0v) is 19.5. The minimum atomic E-state index is -3.79. The molecule has 1 atom stereocenters. The molecule has 0 radical (unpaired) electrons. The summed E-state index contributed by atoms with van der Waals surface area (Å²) in [5.41, 5.74) is 2.97. The van der Waals surface area contributed by atoms with E-state index in [2.05, 4.69) is 14.9 Å². The van der Waals surface area contributed by atoms with Crippen LogP contribution in [0.15, 0.2) is 83.8 Å². The van der Waals surface area contributed by atoms with Crippen LogP contribution in [-0.4, -0.2) is 27.4 Å². The van der Waals surface area contributed by atoms with Crippen LogP contribution in [0.5, 0.6) is 0 Å². The number of hydrogen-bond donors (Lipinski definition) is 2. The van der Waals surface area contributed by atoms with Crippen molar-refractivity contribution < 1.29 is 13.2 Å². The Balaban J connectivity index is 1.44. The van der Waals surface area contributed by atoms with Gasteiger partial charge in [0.2, 0.25) is 10.0 Å². The normalized spacial score (nSPS) is 15.1. The Hall–Kier alpha value is -3.16. The van der Waals surface area contributed by atoms with Crippen molar-refractivity contribution in [2.24, 2.45) is 0 Å². The third-order valence-electron chi connectivity index (χ3n) is 5.88. The van der Waals surface area contributed by atoms with E-state index in [0.29, 0.717) is 5.69 Å². The molecule has 0 spiro atoms. The molecule has 4 rings (SSSR count). The van der Waals surface area contributed by atoms with Crippen LogP contribution in [0.25, 0.3) is 0 Å². The smallest absolute Gasteiger partial charge is 0.255 e. The summed E-state index contributed by atoms with van der Waals surface area (Å²) >= 11 is 0. The van der Waals surface area contributed by atoms with Gasteiger partial charge in [0.05, 0.1) is 4.90 Å². The van der Waals surface area contributed by atoms with Crippen molar-refractivity contribution in [3.05, 3.63) is 90.0 Å². The van der Waals surface area contributed by atoms with Crippen LogP contribution in [0.3, 0.4) is 0 Å². The number of amides is 1. The van der Waals surface area contributed by atoms with E-state index in [0.717, 1.165) is 24.3 Å². The van der Waals surface area contributed by atoms with Gasteiger partial charge in [0, 0.05) is 36.1 Å². The number of carbonyl (C=O) groups excluding carboxylic acids is 1. The van der Waals surface area contributed by atoms with Gasteiger partial charge in [-0.15, -0.1) is 0 Å². The average Bonchev–Trinajstić information content (AvgIpc) is 2.85. The monoisotopic (exact) mass is 463 g/mol. The average molecular weight is 464 g/mol. The summed E-state index contributed by atoms with van der Waals surface area (Å²) in [5.74, 6) is -0.353. The van der Waals surface area contributed by atoms with Crippen LogP contribution in [0.4, 0.5) is 11.4 Å². The molecule has 1 amide bonds. The molecule has 3 aromatic rings. The number of benzene rings is 3. The van der Waals surface area contributed by atoms with E-state index in [1.165, 1.54) is 31.4 Å².